The van der Waals surface area contributed by atoms with Crippen molar-refractivity contribution in [2.75, 3.05) is 13.7 Å². The lowest BCUT2D eigenvalue weighted by Crippen LogP contribution is -2.37. The summed E-state index contributed by atoms with van der Waals surface area (Å²) in [5.74, 6) is 0.740. The average Bonchev–Trinajstić information content (AvgIpc) is 3.17. The van der Waals surface area contributed by atoms with Crippen LogP contribution in [0.4, 0.5) is 0 Å². The Bertz CT molecular complexity index is 1400. The van der Waals surface area contributed by atoms with Crippen LogP contribution >= 0.6 is 0 Å². The third kappa shape index (κ3) is 2.84. The average molecular weight is 417 g/mol. The van der Waals surface area contributed by atoms with Gasteiger partial charge in [0, 0.05) is 20.6 Å². The molecule has 31 heavy (non-hydrogen) atoms. The van der Waals surface area contributed by atoms with Crippen LogP contribution in [0.3, 0.4) is 0 Å². The second-order valence-electron chi connectivity index (χ2n) is 7.70. The van der Waals surface area contributed by atoms with E-state index in [4.69, 9.17) is 9.47 Å². The summed E-state index contributed by atoms with van der Waals surface area (Å²) in [7, 11) is 4.85. The Morgan fingerprint density at radius 1 is 0.968 bits per heavy atom. The van der Waals surface area contributed by atoms with Crippen LogP contribution < -0.4 is 16.0 Å². The molecule has 1 atom stereocenters. The largest absolute Gasteiger partial charge is 0.497 e. The fourth-order valence-electron chi connectivity index (χ4n) is 4.51. The highest BCUT2D eigenvalue weighted by Gasteiger charge is 2.32. The van der Waals surface area contributed by atoms with Gasteiger partial charge in [0.1, 0.15) is 11.9 Å². The number of rotatable bonds is 3. The number of benzene rings is 2. The van der Waals surface area contributed by atoms with Gasteiger partial charge in [-0.2, -0.15) is 0 Å². The number of methoxy groups -OCH3 is 1. The van der Waals surface area contributed by atoms with Crippen molar-refractivity contribution in [1.82, 2.24) is 13.7 Å². The predicted molar refractivity (Wildman–Crippen MR) is 119 cm³/mol. The van der Waals surface area contributed by atoms with Crippen LogP contribution in [-0.4, -0.2) is 27.4 Å². The highest BCUT2D eigenvalue weighted by molar-refractivity contribution is 5.96. The molecule has 0 saturated carbocycles. The Morgan fingerprint density at radius 2 is 1.68 bits per heavy atom. The van der Waals surface area contributed by atoms with E-state index in [0.717, 1.165) is 28.3 Å². The Kier molecular flexibility index (Phi) is 4.55. The molecule has 0 saturated heterocycles. The number of nitrogens with zero attached hydrogens (tertiary/aromatic N) is 3. The summed E-state index contributed by atoms with van der Waals surface area (Å²) in [6.07, 6.45) is -0.373. The van der Waals surface area contributed by atoms with E-state index in [9.17, 15) is 9.59 Å². The van der Waals surface area contributed by atoms with E-state index in [0.29, 0.717) is 24.1 Å². The molecule has 2 aromatic carbocycles. The highest BCUT2D eigenvalue weighted by atomic mass is 16.5. The maximum Gasteiger partial charge on any atom is 0.331 e. The fraction of sp³-hybridized carbons (Fsp3) is 0.250. The van der Waals surface area contributed by atoms with Crippen LogP contribution in [0.25, 0.3) is 22.2 Å². The molecule has 0 fully saturated rings. The van der Waals surface area contributed by atoms with Gasteiger partial charge in [0.05, 0.1) is 36.0 Å². The van der Waals surface area contributed by atoms with Crippen LogP contribution in [0.15, 0.2) is 64.2 Å². The van der Waals surface area contributed by atoms with E-state index in [-0.39, 0.29) is 17.4 Å². The van der Waals surface area contributed by atoms with Crippen molar-refractivity contribution in [3.63, 3.8) is 0 Å². The van der Waals surface area contributed by atoms with Crippen LogP contribution in [0.2, 0.25) is 0 Å². The number of hydrogen-bond donors (Lipinski definition) is 0. The standard InChI is InChI=1S/C24H23N3O4/c1-25-20-18(23(28)26(2)24(25)29)19(15-9-11-17(30-3)12-10-15)27-13-14-31-22(21(20)27)16-7-5-4-6-8-16/h4-12,22H,13-14H2,1-3H3/t22-/m0/s1. The lowest BCUT2D eigenvalue weighted by molar-refractivity contribution is 0.0478. The molecular formula is C24H23N3O4. The summed E-state index contributed by atoms with van der Waals surface area (Å²) in [5.41, 5.74) is 3.46. The SMILES string of the molecule is COc1ccc(-c2c3c(=O)n(C)c(=O)n(C)c3c3n2CCO[C@H]3c2ccccc2)cc1. The maximum atomic E-state index is 13.4. The van der Waals surface area contributed by atoms with Crippen molar-refractivity contribution in [2.45, 2.75) is 12.6 Å². The van der Waals surface area contributed by atoms with Gasteiger partial charge < -0.3 is 14.0 Å². The quantitative estimate of drug-likeness (QED) is 0.514. The van der Waals surface area contributed by atoms with Crippen LogP contribution in [0.1, 0.15) is 17.4 Å². The summed E-state index contributed by atoms with van der Waals surface area (Å²) in [6, 6.07) is 17.5. The summed E-state index contributed by atoms with van der Waals surface area (Å²) >= 11 is 0. The molecular weight excluding hydrogens is 394 g/mol. The van der Waals surface area contributed by atoms with Gasteiger partial charge in [0.25, 0.3) is 5.56 Å². The molecule has 1 aliphatic heterocycles. The molecule has 0 unspecified atom stereocenters. The fourth-order valence-corrected chi connectivity index (χ4v) is 4.51. The van der Waals surface area contributed by atoms with Gasteiger partial charge in [-0.15, -0.1) is 0 Å². The maximum absolute atomic E-state index is 13.4. The molecule has 7 heteroatoms. The van der Waals surface area contributed by atoms with Crippen LogP contribution in [0.5, 0.6) is 5.75 Å². The van der Waals surface area contributed by atoms with Crippen molar-refractivity contribution in [2.24, 2.45) is 14.1 Å². The summed E-state index contributed by atoms with van der Waals surface area (Å²) < 4.78 is 16.3. The molecule has 0 radical (unpaired) electrons. The zero-order chi connectivity index (χ0) is 21.7. The van der Waals surface area contributed by atoms with E-state index in [1.165, 1.54) is 11.6 Å². The third-order valence-electron chi connectivity index (χ3n) is 6.02. The van der Waals surface area contributed by atoms with Crippen molar-refractivity contribution in [3.05, 3.63) is 86.7 Å². The molecule has 0 bridgehead atoms. The second-order valence-corrected chi connectivity index (χ2v) is 7.70. The van der Waals surface area contributed by atoms with Gasteiger partial charge in [0.2, 0.25) is 0 Å². The summed E-state index contributed by atoms with van der Waals surface area (Å²) in [4.78, 5) is 26.2. The molecule has 0 amide bonds. The lowest BCUT2D eigenvalue weighted by Gasteiger charge is -2.27. The molecule has 7 nitrogen and oxygen atoms in total. The highest BCUT2D eigenvalue weighted by Crippen LogP contribution is 2.40. The first-order valence-electron chi connectivity index (χ1n) is 10.2. The second kappa shape index (κ2) is 7.28. The van der Waals surface area contributed by atoms with Gasteiger partial charge in [-0.1, -0.05) is 30.3 Å². The van der Waals surface area contributed by atoms with Gasteiger partial charge in [-0.05, 0) is 35.4 Å². The minimum Gasteiger partial charge on any atom is -0.497 e. The van der Waals surface area contributed by atoms with Crippen LogP contribution in [-0.2, 0) is 25.4 Å². The number of aromatic nitrogens is 3. The third-order valence-corrected chi connectivity index (χ3v) is 6.02. The normalized spacial score (nSPS) is 15.8. The minimum atomic E-state index is -0.373. The molecule has 3 heterocycles. The molecule has 1 aliphatic rings. The first kappa shape index (κ1) is 19.4. The molecule has 4 aromatic rings. The van der Waals surface area contributed by atoms with E-state index >= 15 is 0 Å². The van der Waals surface area contributed by atoms with E-state index in [1.54, 1.807) is 18.7 Å². The van der Waals surface area contributed by atoms with Crippen molar-refractivity contribution in [1.29, 1.82) is 0 Å². The van der Waals surface area contributed by atoms with Gasteiger partial charge in [-0.25, -0.2) is 4.79 Å². The van der Waals surface area contributed by atoms with E-state index in [2.05, 4.69) is 4.57 Å². The monoisotopic (exact) mass is 417 g/mol. The Labute approximate surface area is 178 Å². The molecule has 0 aliphatic carbocycles. The summed E-state index contributed by atoms with van der Waals surface area (Å²) in [5, 5.41) is 0.524. The minimum absolute atomic E-state index is 0.308. The Morgan fingerprint density at radius 3 is 2.35 bits per heavy atom. The lowest BCUT2D eigenvalue weighted by atomic mass is 10.0. The van der Waals surface area contributed by atoms with Crippen LogP contribution in [0, 0.1) is 0 Å². The van der Waals surface area contributed by atoms with Gasteiger partial charge >= 0.3 is 5.69 Å². The number of fused-ring (bicyclic) bond motifs is 3. The Balaban J connectivity index is 1.92. The molecule has 2 aromatic heterocycles. The zero-order valence-corrected chi connectivity index (χ0v) is 17.7. The zero-order valence-electron chi connectivity index (χ0n) is 17.7. The first-order chi connectivity index (χ1) is 15.0. The smallest absolute Gasteiger partial charge is 0.331 e. The molecule has 5 rings (SSSR count). The van der Waals surface area contributed by atoms with Crippen molar-refractivity contribution >= 4 is 10.9 Å². The van der Waals surface area contributed by atoms with Gasteiger partial charge in [0.15, 0.2) is 0 Å². The summed E-state index contributed by atoms with van der Waals surface area (Å²) in [6.45, 7) is 1.09. The van der Waals surface area contributed by atoms with Gasteiger partial charge in [-0.3, -0.25) is 13.9 Å². The molecule has 158 valence electrons. The topological polar surface area (TPSA) is 67.4 Å². The van der Waals surface area contributed by atoms with E-state index in [1.807, 2.05) is 54.6 Å². The molecule has 0 N–H and O–H groups in total. The Hall–Kier alpha value is -3.58. The first-order valence-corrected chi connectivity index (χ1v) is 10.2. The van der Waals surface area contributed by atoms with E-state index < -0.39 is 0 Å². The number of ether oxygens (including phenoxy) is 2. The number of aryl methyl sites for hydroxylation is 1. The number of hydrogen-bond acceptors (Lipinski definition) is 4. The predicted octanol–water partition coefficient (Wildman–Crippen LogP) is 2.83. The van der Waals surface area contributed by atoms with Crippen molar-refractivity contribution < 1.29 is 9.47 Å². The van der Waals surface area contributed by atoms with Crippen molar-refractivity contribution in [3.8, 4) is 17.0 Å². The molecule has 0 spiro atoms.